The van der Waals surface area contributed by atoms with Crippen LogP contribution in [0, 0.1) is 5.82 Å². The van der Waals surface area contributed by atoms with E-state index < -0.39 is 5.60 Å². The largest absolute Gasteiger partial charge is 0.384 e. The molecule has 0 saturated heterocycles. The number of para-hydroxylation sites is 2. The molecular weight excluding hydrogens is 379 g/mol. The van der Waals surface area contributed by atoms with E-state index in [1.54, 1.807) is 16.9 Å². The van der Waals surface area contributed by atoms with Crippen molar-refractivity contribution >= 4 is 22.3 Å². The van der Waals surface area contributed by atoms with Crippen molar-refractivity contribution in [1.29, 1.82) is 0 Å². The van der Waals surface area contributed by atoms with Gasteiger partial charge in [0.15, 0.2) is 0 Å². The fourth-order valence-electron chi connectivity index (χ4n) is 4.15. The first-order chi connectivity index (χ1) is 14.5. The molecule has 4 aromatic rings. The number of fused-ring (bicyclic) bond motifs is 2. The highest BCUT2D eigenvalue weighted by molar-refractivity contribution is 5.81. The molecule has 2 heterocycles. The molecular formula is C24H23FN4O. The Labute approximate surface area is 174 Å². The van der Waals surface area contributed by atoms with E-state index in [-0.39, 0.29) is 5.82 Å². The molecule has 5 rings (SSSR count). The predicted molar refractivity (Wildman–Crippen MR) is 118 cm³/mol. The molecule has 0 spiro atoms. The predicted octanol–water partition coefficient (Wildman–Crippen LogP) is 4.30. The summed E-state index contributed by atoms with van der Waals surface area (Å²) in [5.41, 5.74) is 3.51. The van der Waals surface area contributed by atoms with Crippen LogP contribution in [0.2, 0.25) is 0 Å². The van der Waals surface area contributed by atoms with Crippen molar-refractivity contribution < 1.29 is 9.50 Å². The van der Waals surface area contributed by atoms with Gasteiger partial charge in [0, 0.05) is 18.5 Å². The Balaban J connectivity index is 1.46. The van der Waals surface area contributed by atoms with Crippen LogP contribution in [-0.4, -0.2) is 34.5 Å². The smallest absolute Gasteiger partial charge is 0.125 e. The molecule has 0 radical (unpaired) electrons. The number of aliphatic hydroxyl groups is 1. The number of nitrogens with zero attached hydrogens (tertiary/aromatic N) is 3. The minimum atomic E-state index is -1.04. The van der Waals surface area contributed by atoms with Gasteiger partial charge in [0.2, 0.25) is 0 Å². The zero-order chi connectivity index (χ0) is 20.7. The van der Waals surface area contributed by atoms with Gasteiger partial charge in [-0.2, -0.15) is 5.10 Å². The minimum absolute atomic E-state index is 0.299. The highest BCUT2D eigenvalue weighted by Crippen LogP contribution is 2.33. The summed E-state index contributed by atoms with van der Waals surface area (Å²) in [6.07, 6.45) is 1.75. The third-order valence-corrected chi connectivity index (χ3v) is 5.68. The van der Waals surface area contributed by atoms with E-state index in [0.29, 0.717) is 12.2 Å². The van der Waals surface area contributed by atoms with Crippen molar-refractivity contribution in [2.45, 2.75) is 12.5 Å². The van der Waals surface area contributed by atoms with Gasteiger partial charge in [0.05, 0.1) is 35.3 Å². The van der Waals surface area contributed by atoms with E-state index in [1.165, 1.54) is 12.1 Å². The van der Waals surface area contributed by atoms with Crippen LogP contribution in [0.4, 0.5) is 15.8 Å². The molecule has 2 N–H and O–H groups in total. The molecule has 1 aromatic heterocycles. The second-order valence-electron chi connectivity index (χ2n) is 7.95. The van der Waals surface area contributed by atoms with Crippen LogP contribution >= 0.6 is 0 Å². The van der Waals surface area contributed by atoms with E-state index in [2.05, 4.69) is 27.4 Å². The summed E-state index contributed by atoms with van der Waals surface area (Å²) in [5.74, 6) is -0.299. The fourth-order valence-corrected chi connectivity index (χ4v) is 4.15. The van der Waals surface area contributed by atoms with Crippen molar-refractivity contribution in [2.75, 3.05) is 29.9 Å². The average Bonchev–Trinajstić information content (AvgIpc) is 3.17. The molecule has 5 nitrogen and oxygen atoms in total. The number of hydrogen-bond donors (Lipinski definition) is 2. The number of hydrogen-bond acceptors (Lipinski definition) is 4. The van der Waals surface area contributed by atoms with Crippen LogP contribution in [0.3, 0.4) is 0 Å². The van der Waals surface area contributed by atoms with E-state index in [0.717, 1.165) is 40.9 Å². The second kappa shape index (κ2) is 7.15. The van der Waals surface area contributed by atoms with Crippen LogP contribution in [0.5, 0.6) is 0 Å². The Morgan fingerprint density at radius 3 is 2.83 bits per heavy atom. The highest BCUT2D eigenvalue weighted by atomic mass is 19.1. The summed E-state index contributed by atoms with van der Waals surface area (Å²) in [5, 5.41) is 20.1. The summed E-state index contributed by atoms with van der Waals surface area (Å²) in [6, 6.07) is 20.3. The fraction of sp³-hybridized carbons (Fsp3) is 0.208. The van der Waals surface area contributed by atoms with E-state index >= 15 is 0 Å². The van der Waals surface area contributed by atoms with Gasteiger partial charge >= 0.3 is 0 Å². The lowest BCUT2D eigenvalue weighted by atomic mass is 9.93. The maximum atomic E-state index is 13.6. The van der Waals surface area contributed by atoms with Gasteiger partial charge in [-0.1, -0.05) is 24.3 Å². The molecule has 1 aliphatic heterocycles. The Morgan fingerprint density at radius 2 is 1.97 bits per heavy atom. The molecule has 0 amide bonds. The lowest BCUT2D eigenvalue weighted by Gasteiger charge is -2.37. The molecule has 30 heavy (non-hydrogen) atoms. The molecule has 3 aromatic carbocycles. The zero-order valence-corrected chi connectivity index (χ0v) is 16.7. The topological polar surface area (TPSA) is 53.3 Å². The maximum absolute atomic E-state index is 13.6. The van der Waals surface area contributed by atoms with Crippen molar-refractivity contribution in [1.82, 2.24) is 9.78 Å². The zero-order valence-electron chi connectivity index (χ0n) is 16.7. The van der Waals surface area contributed by atoms with E-state index in [1.807, 2.05) is 43.3 Å². The van der Waals surface area contributed by atoms with Crippen molar-refractivity contribution in [2.24, 2.45) is 0 Å². The maximum Gasteiger partial charge on any atom is 0.125 e. The van der Waals surface area contributed by atoms with Gasteiger partial charge in [0.25, 0.3) is 0 Å². The first-order valence-electron chi connectivity index (χ1n) is 10.1. The summed E-state index contributed by atoms with van der Waals surface area (Å²) in [6.45, 7) is 3.99. The lowest BCUT2D eigenvalue weighted by molar-refractivity contribution is 0.0646. The lowest BCUT2D eigenvalue weighted by Crippen LogP contribution is -2.43. The highest BCUT2D eigenvalue weighted by Gasteiger charge is 2.29. The van der Waals surface area contributed by atoms with Crippen LogP contribution in [0.15, 0.2) is 72.9 Å². The van der Waals surface area contributed by atoms with Gasteiger partial charge in [-0.3, -0.25) is 0 Å². The Morgan fingerprint density at radius 1 is 1.10 bits per heavy atom. The summed E-state index contributed by atoms with van der Waals surface area (Å²) in [4.78, 5) is 2.21. The van der Waals surface area contributed by atoms with E-state index in [4.69, 9.17) is 0 Å². The first kappa shape index (κ1) is 18.6. The Hall–Kier alpha value is -3.38. The van der Waals surface area contributed by atoms with Crippen LogP contribution in [0.25, 0.3) is 16.6 Å². The van der Waals surface area contributed by atoms with Gasteiger partial charge in [0.1, 0.15) is 11.4 Å². The number of β-amino-alcohol motifs (C(OH)–C–C–N with tert-alkyl or cyclic N) is 1. The number of rotatable bonds is 4. The molecule has 1 unspecified atom stereocenters. The molecule has 1 aliphatic rings. The number of anilines is 2. The van der Waals surface area contributed by atoms with Crippen LogP contribution in [0.1, 0.15) is 12.5 Å². The third kappa shape index (κ3) is 3.29. The average molecular weight is 402 g/mol. The van der Waals surface area contributed by atoms with Gasteiger partial charge in [-0.15, -0.1) is 0 Å². The third-order valence-electron chi connectivity index (χ3n) is 5.68. The van der Waals surface area contributed by atoms with Gasteiger partial charge in [-0.05, 0) is 55.0 Å². The standard InChI is InChI=1S/C24H23FN4O/c1-24(30,16-28-12-11-26-21-7-2-3-8-23(21)28)18-9-10-22-17(13-18)15-27-29(22)20-6-4-5-19(25)14-20/h2-10,13-15,26,30H,11-12,16H2,1H3. The SMILES string of the molecule is CC(O)(CN1CCNc2ccccc21)c1ccc2c(cnn2-c2cccc(F)c2)c1. The Bertz CT molecular complexity index is 1220. The molecule has 1 atom stereocenters. The minimum Gasteiger partial charge on any atom is -0.384 e. The monoisotopic (exact) mass is 402 g/mol. The summed E-state index contributed by atoms with van der Waals surface area (Å²) < 4.78 is 15.3. The van der Waals surface area contributed by atoms with Gasteiger partial charge < -0.3 is 15.3 Å². The normalized spacial score (nSPS) is 15.5. The van der Waals surface area contributed by atoms with Crippen molar-refractivity contribution in [3.63, 3.8) is 0 Å². The number of halogens is 1. The van der Waals surface area contributed by atoms with E-state index in [9.17, 15) is 9.50 Å². The quantitative estimate of drug-likeness (QED) is 0.534. The summed E-state index contributed by atoms with van der Waals surface area (Å²) >= 11 is 0. The number of benzene rings is 3. The van der Waals surface area contributed by atoms with Crippen molar-refractivity contribution in [3.8, 4) is 5.69 Å². The van der Waals surface area contributed by atoms with Gasteiger partial charge in [-0.25, -0.2) is 9.07 Å². The molecule has 6 heteroatoms. The Kier molecular flexibility index (Phi) is 4.44. The van der Waals surface area contributed by atoms with Crippen molar-refractivity contribution in [3.05, 3.63) is 84.3 Å². The molecule has 0 aliphatic carbocycles. The van der Waals surface area contributed by atoms with Crippen LogP contribution < -0.4 is 10.2 Å². The molecule has 0 saturated carbocycles. The molecule has 0 fully saturated rings. The molecule has 0 bridgehead atoms. The summed E-state index contributed by atoms with van der Waals surface area (Å²) in [7, 11) is 0. The molecule has 152 valence electrons. The number of nitrogens with one attached hydrogen (secondary N) is 1. The second-order valence-corrected chi connectivity index (χ2v) is 7.95. The first-order valence-corrected chi connectivity index (χ1v) is 10.1. The number of aromatic nitrogens is 2. The van der Waals surface area contributed by atoms with Crippen LogP contribution in [-0.2, 0) is 5.60 Å².